The highest BCUT2D eigenvalue weighted by Gasteiger charge is 2.31. The van der Waals surface area contributed by atoms with Crippen molar-refractivity contribution in [3.05, 3.63) is 84.2 Å². The molecule has 1 saturated heterocycles. The summed E-state index contributed by atoms with van der Waals surface area (Å²) in [6.45, 7) is 0.662. The predicted molar refractivity (Wildman–Crippen MR) is 122 cm³/mol. The van der Waals surface area contributed by atoms with Gasteiger partial charge in [-0.15, -0.1) is 0 Å². The number of rotatable bonds is 6. The second-order valence-corrected chi connectivity index (χ2v) is 9.58. The van der Waals surface area contributed by atoms with Crippen molar-refractivity contribution in [1.82, 2.24) is 9.88 Å². The van der Waals surface area contributed by atoms with E-state index in [1.165, 1.54) is 30.6 Å². The Labute approximate surface area is 188 Å². The van der Waals surface area contributed by atoms with E-state index in [1.807, 2.05) is 17.0 Å². The van der Waals surface area contributed by atoms with Gasteiger partial charge in [0.15, 0.2) is 0 Å². The Morgan fingerprint density at radius 2 is 1.84 bits per heavy atom. The molecule has 4 rings (SSSR count). The summed E-state index contributed by atoms with van der Waals surface area (Å²) >= 11 is 0. The first-order valence-electron chi connectivity index (χ1n) is 10.4. The Balaban J connectivity index is 1.57. The SMILES string of the molecule is COc1ccccc1N(C)S(=O)(=O)c1ccc(C(=O)N2CCC[C@H]2c2cccnc2)cc1. The van der Waals surface area contributed by atoms with Gasteiger partial charge < -0.3 is 9.64 Å². The van der Waals surface area contributed by atoms with Crippen LogP contribution in [0.2, 0.25) is 0 Å². The van der Waals surface area contributed by atoms with E-state index in [4.69, 9.17) is 4.74 Å². The van der Waals surface area contributed by atoms with Crippen molar-refractivity contribution >= 4 is 21.6 Å². The van der Waals surface area contributed by atoms with Crippen molar-refractivity contribution in [1.29, 1.82) is 0 Å². The lowest BCUT2D eigenvalue weighted by atomic mass is 10.1. The van der Waals surface area contributed by atoms with Crippen molar-refractivity contribution in [2.24, 2.45) is 0 Å². The van der Waals surface area contributed by atoms with E-state index in [2.05, 4.69) is 4.98 Å². The molecule has 32 heavy (non-hydrogen) atoms. The average Bonchev–Trinajstić information content (AvgIpc) is 3.33. The van der Waals surface area contributed by atoms with Crippen LogP contribution >= 0.6 is 0 Å². The van der Waals surface area contributed by atoms with E-state index < -0.39 is 10.0 Å². The summed E-state index contributed by atoms with van der Waals surface area (Å²) in [6.07, 6.45) is 5.31. The number of carbonyl (C=O) groups is 1. The number of amides is 1. The molecule has 2 heterocycles. The molecule has 1 aliphatic heterocycles. The molecular formula is C24H25N3O4S. The molecule has 1 fully saturated rings. The Morgan fingerprint density at radius 3 is 2.53 bits per heavy atom. The lowest BCUT2D eigenvalue weighted by Gasteiger charge is -2.25. The predicted octanol–water partition coefficient (Wildman–Crippen LogP) is 3.89. The Bertz CT molecular complexity index is 1200. The average molecular weight is 452 g/mol. The molecule has 1 amide bonds. The maximum absolute atomic E-state index is 13.2. The van der Waals surface area contributed by atoms with Crippen LogP contribution in [0, 0.1) is 0 Å². The van der Waals surface area contributed by atoms with Gasteiger partial charge in [0.25, 0.3) is 15.9 Å². The summed E-state index contributed by atoms with van der Waals surface area (Å²) < 4.78 is 32.8. The molecule has 1 aliphatic rings. The zero-order valence-electron chi connectivity index (χ0n) is 18.0. The smallest absolute Gasteiger partial charge is 0.264 e. The molecule has 7 nitrogen and oxygen atoms in total. The second-order valence-electron chi connectivity index (χ2n) is 7.61. The van der Waals surface area contributed by atoms with Crippen LogP contribution in [0.5, 0.6) is 5.75 Å². The van der Waals surface area contributed by atoms with Gasteiger partial charge in [0.1, 0.15) is 5.75 Å². The number of carbonyl (C=O) groups excluding carboxylic acids is 1. The van der Waals surface area contributed by atoms with Crippen LogP contribution in [0.1, 0.15) is 34.8 Å². The number of anilines is 1. The number of hydrogen-bond donors (Lipinski definition) is 0. The molecule has 0 unspecified atom stereocenters. The van der Waals surface area contributed by atoms with E-state index in [0.29, 0.717) is 23.5 Å². The van der Waals surface area contributed by atoms with Crippen LogP contribution in [0.4, 0.5) is 5.69 Å². The van der Waals surface area contributed by atoms with E-state index in [0.717, 1.165) is 18.4 Å². The summed E-state index contributed by atoms with van der Waals surface area (Å²) in [7, 11) is -0.842. The van der Waals surface area contributed by atoms with Crippen LogP contribution in [-0.4, -0.2) is 44.9 Å². The fourth-order valence-corrected chi connectivity index (χ4v) is 5.25. The van der Waals surface area contributed by atoms with Gasteiger partial charge in [0.2, 0.25) is 0 Å². The fourth-order valence-electron chi connectivity index (χ4n) is 4.04. The molecule has 166 valence electrons. The number of nitrogens with zero attached hydrogens (tertiary/aromatic N) is 3. The van der Waals surface area contributed by atoms with E-state index in [-0.39, 0.29) is 16.8 Å². The van der Waals surface area contributed by atoms with Crippen molar-refractivity contribution < 1.29 is 17.9 Å². The summed E-state index contributed by atoms with van der Waals surface area (Å²) in [5.41, 5.74) is 1.90. The molecule has 0 bridgehead atoms. The zero-order valence-corrected chi connectivity index (χ0v) is 18.8. The third kappa shape index (κ3) is 4.05. The first-order valence-corrected chi connectivity index (χ1v) is 11.8. The quantitative estimate of drug-likeness (QED) is 0.568. The third-order valence-corrected chi connectivity index (χ3v) is 7.55. The number of ether oxygens (including phenoxy) is 1. The maximum Gasteiger partial charge on any atom is 0.264 e. The summed E-state index contributed by atoms with van der Waals surface area (Å²) in [6, 6.07) is 16.8. The number of methoxy groups -OCH3 is 1. The van der Waals surface area contributed by atoms with Crippen LogP contribution in [0.3, 0.4) is 0 Å². The monoisotopic (exact) mass is 451 g/mol. The van der Waals surface area contributed by atoms with Gasteiger partial charge in [-0.25, -0.2) is 8.42 Å². The summed E-state index contributed by atoms with van der Waals surface area (Å²) in [5, 5.41) is 0. The Hall–Kier alpha value is -3.39. The molecule has 0 radical (unpaired) electrons. The highest BCUT2D eigenvalue weighted by molar-refractivity contribution is 7.92. The molecule has 1 aromatic heterocycles. The van der Waals surface area contributed by atoms with Crippen molar-refractivity contribution in [2.75, 3.05) is 25.0 Å². The van der Waals surface area contributed by atoms with Gasteiger partial charge in [0.05, 0.1) is 23.7 Å². The van der Waals surface area contributed by atoms with Crippen molar-refractivity contribution in [2.45, 2.75) is 23.8 Å². The highest BCUT2D eigenvalue weighted by Crippen LogP contribution is 2.33. The maximum atomic E-state index is 13.2. The minimum absolute atomic E-state index is 0.0173. The van der Waals surface area contributed by atoms with Gasteiger partial charge in [0, 0.05) is 31.5 Å². The van der Waals surface area contributed by atoms with Gasteiger partial charge in [-0.05, 0) is 60.9 Å². The lowest BCUT2D eigenvalue weighted by Crippen LogP contribution is -2.31. The van der Waals surface area contributed by atoms with Crippen LogP contribution < -0.4 is 9.04 Å². The summed E-state index contributed by atoms with van der Waals surface area (Å²) in [4.78, 5) is 19.3. The number of hydrogen-bond acceptors (Lipinski definition) is 5. The number of benzene rings is 2. The molecule has 0 aliphatic carbocycles. The highest BCUT2D eigenvalue weighted by atomic mass is 32.2. The number of para-hydroxylation sites is 2. The normalized spacial score (nSPS) is 16.1. The van der Waals surface area contributed by atoms with E-state index >= 15 is 0 Å². The van der Waals surface area contributed by atoms with Crippen LogP contribution in [-0.2, 0) is 10.0 Å². The second kappa shape index (κ2) is 9.00. The first kappa shape index (κ1) is 21.8. The molecule has 0 saturated carbocycles. The van der Waals surface area contributed by atoms with Crippen LogP contribution in [0.15, 0.2) is 78.0 Å². The Kier molecular flexibility index (Phi) is 6.14. The third-order valence-electron chi connectivity index (χ3n) is 5.77. The first-order chi connectivity index (χ1) is 15.4. The minimum Gasteiger partial charge on any atom is -0.495 e. The molecule has 0 spiro atoms. The van der Waals surface area contributed by atoms with Crippen LogP contribution in [0.25, 0.3) is 0 Å². The van der Waals surface area contributed by atoms with Crippen molar-refractivity contribution in [3.63, 3.8) is 0 Å². The molecule has 8 heteroatoms. The standard InChI is InChI=1S/C24H25N3O4S/c1-26(22-8-3-4-10-23(22)31-2)32(29,30)20-13-11-18(12-14-20)24(28)27-16-6-9-21(27)19-7-5-15-25-17-19/h3-5,7-8,10-15,17,21H,6,9,16H2,1-2H3/t21-/m0/s1. The molecular weight excluding hydrogens is 426 g/mol. The summed E-state index contributed by atoms with van der Waals surface area (Å²) in [5.74, 6) is 0.347. The van der Waals surface area contributed by atoms with Gasteiger partial charge in [-0.1, -0.05) is 18.2 Å². The minimum atomic E-state index is -3.82. The molecule has 1 atom stereocenters. The van der Waals surface area contributed by atoms with Gasteiger partial charge >= 0.3 is 0 Å². The molecule has 3 aromatic rings. The topological polar surface area (TPSA) is 79.8 Å². The number of pyridine rings is 1. The van der Waals surface area contributed by atoms with Gasteiger partial charge in [-0.3, -0.25) is 14.1 Å². The number of sulfonamides is 1. The van der Waals surface area contributed by atoms with Crippen molar-refractivity contribution in [3.8, 4) is 5.75 Å². The molecule has 0 N–H and O–H groups in total. The number of likely N-dealkylation sites (tertiary alicyclic amines) is 1. The molecule has 2 aromatic carbocycles. The Morgan fingerprint density at radius 1 is 1.09 bits per heavy atom. The largest absolute Gasteiger partial charge is 0.495 e. The fraction of sp³-hybridized carbons (Fsp3) is 0.250. The lowest BCUT2D eigenvalue weighted by molar-refractivity contribution is 0.0735. The van der Waals surface area contributed by atoms with E-state index in [1.54, 1.807) is 48.8 Å². The zero-order chi connectivity index (χ0) is 22.7. The van der Waals surface area contributed by atoms with E-state index in [9.17, 15) is 13.2 Å². The number of aromatic nitrogens is 1. The van der Waals surface area contributed by atoms with Gasteiger partial charge in [-0.2, -0.15) is 0 Å².